The van der Waals surface area contributed by atoms with Crippen LogP contribution in [0.15, 0.2) is 30.5 Å². The predicted molar refractivity (Wildman–Crippen MR) is 124 cm³/mol. The quantitative estimate of drug-likeness (QED) is 0.665. The number of para-hydroxylation sites is 2. The van der Waals surface area contributed by atoms with Crippen LogP contribution in [0.1, 0.15) is 18.5 Å². The zero-order valence-corrected chi connectivity index (χ0v) is 19.3. The molecule has 0 radical (unpaired) electrons. The van der Waals surface area contributed by atoms with Gasteiger partial charge in [0.25, 0.3) is 0 Å². The van der Waals surface area contributed by atoms with Gasteiger partial charge in [0.2, 0.25) is 5.91 Å². The first-order valence-corrected chi connectivity index (χ1v) is 12.1. The fourth-order valence-electron chi connectivity index (χ4n) is 5.77. The molecule has 9 heteroatoms. The van der Waals surface area contributed by atoms with Crippen LogP contribution in [0.25, 0.3) is 0 Å². The van der Waals surface area contributed by atoms with Crippen LogP contribution in [0.4, 0.5) is 5.69 Å². The molecule has 9 nitrogen and oxygen atoms in total. The van der Waals surface area contributed by atoms with Gasteiger partial charge in [0.05, 0.1) is 31.0 Å². The summed E-state index contributed by atoms with van der Waals surface area (Å²) >= 11 is 0. The van der Waals surface area contributed by atoms with Crippen molar-refractivity contribution in [3.05, 3.63) is 36.2 Å². The van der Waals surface area contributed by atoms with Gasteiger partial charge >= 0.3 is 0 Å². The molecule has 2 aromatic rings. The maximum Gasteiger partial charge on any atom is 0.227 e. The molecule has 33 heavy (non-hydrogen) atoms. The number of ether oxygens (including phenoxy) is 1. The molecule has 2 bridgehead atoms. The van der Waals surface area contributed by atoms with Crippen molar-refractivity contribution in [3.8, 4) is 5.75 Å². The number of carbonyl (C=O) groups excluding carboxylic acids is 1. The van der Waals surface area contributed by atoms with Crippen LogP contribution in [0.5, 0.6) is 5.75 Å². The lowest BCUT2D eigenvalue weighted by Crippen LogP contribution is -2.60. The number of piperazine rings is 1. The number of anilines is 1. The monoisotopic (exact) mass is 454 g/mol. The van der Waals surface area contributed by atoms with Gasteiger partial charge < -0.3 is 19.6 Å². The van der Waals surface area contributed by atoms with Crippen molar-refractivity contribution >= 4 is 11.6 Å². The number of hydrogen-bond donors (Lipinski definition) is 1. The molecule has 1 N–H and O–H groups in total. The van der Waals surface area contributed by atoms with Gasteiger partial charge in [-0.05, 0) is 37.4 Å². The molecule has 1 aromatic heterocycles. The van der Waals surface area contributed by atoms with Crippen LogP contribution in [0, 0.1) is 11.8 Å². The van der Waals surface area contributed by atoms with E-state index in [9.17, 15) is 4.79 Å². The Morgan fingerprint density at radius 2 is 2.00 bits per heavy atom. The molecule has 6 rings (SSSR count). The van der Waals surface area contributed by atoms with Gasteiger partial charge in [-0.2, -0.15) is 0 Å². The first-order chi connectivity index (χ1) is 16.2. The van der Waals surface area contributed by atoms with Crippen LogP contribution in [0.3, 0.4) is 0 Å². The minimum atomic E-state index is 0.0905. The normalized spacial score (nSPS) is 27.1. The van der Waals surface area contributed by atoms with Crippen molar-refractivity contribution in [1.29, 1.82) is 0 Å². The van der Waals surface area contributed by atoms with E-state index in [1.54, 1.807) is 7.11 Å². The highest BCUT2D eigenvalue weighted by Crippen LogP contribution is 2.38. The molecule has 1 unspecified atom stereocenters. The third kappa shape index (κ3) is 4.56. The first-order valence-electron chi connectivity index (χ1n) is 12.1. The average Bonchev–Trinajstić information content (AvgIpc) is 3.31. The summed E-state index contributed by atoms with van der Waals surface area (Å²) in [4.78, 5) is 20.3. The predicted octanol–water partition coefficient (Wildman–Crippen LogP) is 0.881. The van der Waals surface area contributed by atoms with Gasteiger partial charge in [-0.3, -0.25) is 14.4 Å². The first kappa shape index (κ1) is 22.2. The molecule has 4 aliphatic rings. The number of amides is 1. The molecule has 1 amide bonds. The number of rotatable bonds is 7. The summed E-state index contributed by atoms with van der Waals surface area (Å²) < 4.78 is 7.41. The number of piperidine rings is 3. The zero-order valence-electron chi connectivity index (χ0n) is 19.3. The molecule has 4 fully saturated rings. The van der Waals surface area contributed by atoms with E-state index in [1.807, 2.05) is 29.1 Å². The zero-order chi connectivity index (χ0) is 22.8. The van der Waals surface area contributed by atoms with Crippen molar-refractivity contribution in [2.24, 2.45) is 11.8 Å². The Bertz CT molecular complexity index is 957. The number of benzene rings is 1. The molecular weight excluding hydrogens is 420 g/mol. The summed E-state index contributed by atoms with van der Waals surface area (Å²) in [5.41, 5.74) is 1.93. The van der Waals surface area contributed by atoms with E-state index in [0.29, 0.717) is 24.3 Å². The highest BCUT2D eigenvalue weighted by molar-refractivity contribution is 5.80. The van der Waals surface area contributed by atoms with E-state index in [2.05, 4.69) is 31.1 Å². The lowest BCUT2D eigenvalue weighted by atomic mass is 9.75. The third-order valence-corrected chi connectivity index (χ3v) is 7.56. The Balaban J connectivity index is 1.16. The van der Waals surface area contributed by atoms with Crippen molar-refractivity contribution in [1.82, 2.24) is 24.8 Å². The molecular formula is C24H34N6O3. The van der Waals surface area contributed by atoms with Gasteiger partial charge in [0.1, 0.15) is 5.75 Å². The van der Waals surface area contributed by atoms with Crippen molar-refractivity contribution in [3.63, 3.8) is 0 Å². The van der Waals surface area contributed by atoms with Gasteiger partial charge in [-0.15, -0.1) is 5.10 Å². The lowest BCUT2D eigenvalue weighted by molar-refractivity contribution is -0.144. The maximum atomic E-state index is 13.5. The molecule has 178 valence electrons. The Morgan fingerprint density at radius 3 is 2.73 bits per heavy atom. The molecule has 0 saturated carbocycles. The minimum Gasteiger partial charge on any atom is -0.495 e. The van der Waals surface area contributed by atoms with Crippen LogP contribution >= 0.6 is 0 Å². The van der Waals surface area contributed by atoms with E-state index in [4.69, 9.17) is 9.84 Å². The Kier molecular flexibility index (Phi) is 6.50. The molecule has 0 spiro atoms. The maximum absolute atomic E-state index is 13.5. The molecule has 4 aliphatic heterocycles. The Labute approximate surface area is 194 Å². The largest absolute Gasteiger partial charge is 0.495 e. The van der Waals surface area contributed by atoms with Gasteiger partial charge in [-0.25, -0.2) is 0 Å². The van der Waals surface area contributed by atoms with Gasteiger partial charge in [0, 0.05) is 58.0 Å². The number of aromatic nitrogens is 3. The second-order valence-electron chi connectivity index (χ2n) is 9.43. The number of hydrogen-bond acceptors (Lipinski definition) is 7. The highest BCUT2D eigenvalue weighted by Gasteiger charge is 2.44. The topological polar surface area (TPSA) is 87.0 Å². The minimum absolute atomic E-state index is 0.0905. The standard InChI is InChI=1S/C24H34N6O3/c1-33-23-5-3-2-4-22(23)27-9-11-28(12-10-27)24(32)21-17-29-8-6-18(21)14-20(29)16-30-15-19(7-13-31)25-26-30/h2-5,15,18,20-21,31H,6-14,16-17H2,1H3/t18-,20+,21+/m0/s1. The van der Waals surface area contributed by atoms with E-state index < -0.39 is 0 Å². The molecule has 1 aromatic carbocycles. The fourth-order valence-corrected chi connectivity index (χ4v) is 5.77. The number of carbonyl (C=O) groups is 1. The fraction of sp³-hybridized carbons (Fsp3) is 0.625. The molecule has 4 atom stereocenters. The van der Waals surface area contributed by atoms with E-state index in [1.165, 1.54) is 0 Å². The second kappa shape index (κ2) is 9.69. The number of fused-ring (bicyclic) bond motifs is 3. The van der Waals surface area contributed by atoms with E-state index in [-0.39, 0.29) is 12.5 Å². The lowest BCUT2D eigenvalue weighted by Gasteiger charge is -2.50. The van der Waals surface area contributed by atoms with Crippen LogP contribution in [0.2, 0.25) is 0 Å². The summed E-state index contributed by atoms with van der Waals surface area (Å²) in [5, 5.41) is 17.5. The number of aliphatic hydroxyl groups is 1. The van der Waals surface area contributed by atoms with Crippen LogP contribution in [-0.2, 0) is 17.8 Å². The molecule has 5 heterocycles. The van der Waals surface area contributed by atoms with Crippen molar-refractivity contribution in [2.45, 2.75) is 31.8 Å². The van der Waals surface area contributed by atoms with Crippen molar-refractivity contribution < 1.29 is 14.6 Å². The Hall–Kier alpha value is -2.65. The number of aliphatic hydroxyl groups excluding tert-OH is 1. The molecule has 4 saturated heterocycles. The average molecular weight is 455 g/mol. The molecule has 0 aliphatic carbocycles. The van der Waals surface area contributed by atoms with Gasteiger partial charge in [-0.1, -0.05) is 17.3 Å². The summed E-state index contributed by atoms with van der Waals surface area (Å²) in [7, 11) is 1.70. The Morgan fingerprint density at radius 1 is 1.18 bits per heavy atom. The summed E-state index contributed by atoms with van der Waals surface area (Å²) in [6, 6.07) is 8.50. The summed E-state index contributed by atoms with van der Waals surface area (Å²) in [5.74, 6) is 1.76. The van der Waals surface area contributed by atoms with Crippen molar-refractivity contribution in [2.75, 3.05) is 57.9 Å². The van der Waals surface area contributed by atoms with E-state index in [0.717, 1.165) is 75.8 Å². The third-order valence-electron chi connectivity index (χ3n) is 7.56. The van der Waals surface area contributed by atoms with Crippen LogP contribution in [-0.4, -0.2) is 94.8 Å². The van der Waals surface area contributed by atoms with Gasteiger partial charge in [0.15, 0.2) is 0 Å². The van der Waals surface area contributed by atoms with E-state index >= 15 is 0 Å². The highest BCUT2D eigenvalue weighted by atomic mass is 16.5. The summed E-state index contributed by atoms with van der Waals surface area (Å²) in [6.45, 7) is 5.97. The SMILES string of the molecule is COc1ccccc1N1CCN(C(=O)[C@@H]2CN3CC[C@H]2C[C@@H]3Cn2cc(CCO)nn2)CC1. The second-order valence-corrected chi connectivity index (χ2v) is 9.43. The van der Waals surface area contributed by atoms with Crippen LogP contribution < -0.4 is 9.64 Å². The number of methoxy groups -OCH3 is 1. The number of nitrogens with zero attached hydrogens (tertiary/aromatic N) is 6. The summed E-state index contributed by atoms with van der Waals surface area (Å²) in [6.07, 6.45) is 4.61. The smallest absolute Gasteiger partial charge is 0.227 e.